The van der Waals surface area contributed by atoms with Crippen LogP contribution in [-0.4, -0.2) is 24.0 Å². The van der Waals surface area contributed by atoms with Gasteiger partial charge in [0.05, 0.1) is 0 Å². The average molecular weight is 319 g/mol. The molecule has 0 radical (unpaired) electrons. The van der Waals surface area contributed by atoms with Crippen molar-refractivity contribution in [1.82, 2.24) is 5.32 Å². The highest BCUT2D eigenvalue weighted by Crippen LogP contribution is 2.21. The lowest BCUT2D eigenvalue weighted by Crippen LogP contribution is -2.35. The Morgan fingerprint density at radius 2 is 1.74 bits per heavy atom. The third kappa shape index (κ3) is 6.85. The van der Waals surface area contributed by atoms with Crippen molar-refractivity contribution in [2.45, 2.75) is 59.5 Å². The smallest absolute Gasteiger partial charge is 0.407 e. The Bertz CT molecular complexity index is 544. The zero-order valence-electron chi connectivity index (χ0n) is 15.1. The lowest BCUT2D eigenvalue weighted by Gasteiger charge is -2.21. The first-order valence-electron chi connectivity index (χ1n) is 8.19. The molecular formula is C19H29NO3. The first-order valence-corrected chi connectivity index (χ1v) is 8.19. The van der Waals surface area contributed by atoms with E-state index >= 15 is 0 Å². The van der Waals surface area contributed by atoms with Crippen LogP contribution in [0, 0.1) is 5.92 Å². The quantitative estimate of drug-likeness (QED) is 0.783. The Labute approximate surface area is 139 Å². The molecular weight excluding hydrogens is 290 g/mol. The number of hydrogen-bond acceptors (Lipinski definition) is 3. The van der Waals surface area contributed by atoms with Gasteiger partial charge in [0.1, 0.15) is 5.60 Å². The maximum Gasteiger partial charge on any atom is 0.407 e. The molecule has 1 rings (SSSR count). The Balaban J connectivity index is 2.56. The van der Waals surface area contributed by atoms with Crippen molar-refractivity contribution < 1.29 is 14.3 Å². The number of alkyl carbamates (subject to hydrolysis) is 1. The van der Waals surface area contributed by atoms with Crippen molar-refractivity contribution in [1.29, 1.82) is 0 Å². The zero-order chi connectivity index (χ0) is 17.6. The number of carbonyl (C=O) groups excluding carboxylic acids is 2. The molecule has 0 aliphatic heterocycles. The van der Waals surface area contributed by atoms with E-state index in [1.807, 2.05) is 52.0 Å². The van der Waals surface area contributed by atoms with Crippen molar-refractivity contribution in [2.75, 3.05) is 6.54 Å². The summed E-state index contributed by atoms with van der Waals surface area (Å²) >= 11 is 0. The van der Waals surface area contributed by atoms with Crippen molar-refractivity contribution in [3.05, 3.63) is 35.4 Å². The van der Waals surface area contributed by atoms with Crippen LogP contribution < -0.4 is 5.32 Å². The van der Waals surface area contributed by atoms with Gasteiger partial charge in [-0.25, -0.2) is 4.79 Å². The SMILES string of the molecule is CC(CNC(=O)OC(C)(C)C)CC(=O)c1ccccc1C(C)C. The van der Waals surface area contributed by atoms with Crippen LogP contribution in [0.15, 0.2) is 24.3 Å². The van der Waals surface area contributed by atoms with Gasteiger partial charge >= 0.3 is 6.09 Å². The molecule has 1 amide bonds. The number of hydrogen-bond donors (Lipinski definition) is 1. The fraction of sp³-hybridized carbons (Fsp3) is 0.579. The molecule has 1 aromatic carbocycles. The summed E-state index contributed by atoms with van der Waals surface area (Å²) in [5.41, 5.74) is 1.34. The highest BCUT2D eigenvalue weighted by atomic mass is 16.6. The second-order valence-corrected chi connectivity index (χ2v) is 7.36. The molecule has 0 aliphatic carbocycles. The predicted octanol–water partition coefficient (Wildman–Crippen LogP) is 4.54. The first-order chi connectivity index (χ1) is 10.6. The van der Waals surface area contributed by atoms with Gasteiger partial charge in [0.25, 0.3) is 0 Å². The van der Waals surface area contributed by atoms with E-state index < -0.39 is 11.7 Å². The van der Waals surface area contributed by atoms with Crippen LogP contribution in [0.2, 0.25) is 0 Å². The van der Waals surface area contributed by atoms with E-state index in [-0.39, 0.29) is 11.7 Å². The molecule has 0 fully saturated rings. The predicted molar refractivity (Wildman–Crippen MR) is 92.9 cm³/mol. The van der Waals surface area contributed by atoms with Crippen LogP contribution >= 0.6 is 0 Å². The van der Waals surface area contributed by atoms with Crippen LogP contribution in [0.5, 0.6) is 0 Å². The van der Waals surface area contributed by atoms with E-state index in [0.29, 0.717) is 18.9 Å². The number of nitrogens with one attached hydrogen (secondary N) is 1. The fourth-order valence-electron chi connectivity index (χ4n) is 2.32. The normalized spacial score (nSPS) is 12.8. The Hall–Kier alpha value is -1.84. The summed E-state index contributed by atoms with van der Waals surface area (Å²) in [5.74, 6) is 0.480. The van der Waals surface area contributed by atoms with Gasteiger partial charge in [-0.3, -0.25) is 4.79 Å². The number of benzene rings is 1. The number of carbonyl (C=O) groups is 2. The van der Waals surface area contributed by atoms with E-state index in [2.05, 4.69) is 19.2 Å². The van der Waals surface area contributed by atoms with Gasteiger partial charge in [-0.1, -0.05) is 45.0 Å². The van der Waals surface area contributed by atoms with E-state index in [9.17, 15) is 9.59 Å². The fourth-order valence-corrected chi connectivity index (χ4v) is 2.32. The van der Waals surface area contributed by atoms with Crippen LogP contribution in [0.3, 0.4) is 0 Å². The van der Waals surface area contributed by atoms with Gasteiger partial charge in [0.2, 0.25) is 0 Å². The maximum atomic E-state index is 12.5. The number of ketones is 1. The molecule has 1 unspecified atom stereocenters. The van der Waals surface area contributed by atoms with Crippen molar-refractivity contribution in [2.24, 2.45) is 5.92 Å². The minimum atomic E-state index is -0.515. The lowest BCUT2D eigenvalue weighted by molar-refractivity contribution is 0.0517. The minimum Gasteiger partial charge on any atom is -0.444 e. The van der Waals surface area contributed by atoms with Crippen LogP contribution in [0.4, 0.5) is 4.79 Å². The third-order valence-corrected chi connectivity index (χ3v) is 3.41. The van der Waals surface area contributed by atoms with E-state index in [4.69, 9.17) is 4.74 Å². The lowest BCUT2D eigenvalue weighted by atomic mass is 9.91. The number of ether oxygens (including phenoxy) is 1. The second kappa shape index (κ2) is 8.14. The summed E-state index contributed by atoms with van der Waals surface area (Å²) < 4.78 is 5.19. The highest BCUT2D eigenvalue weighted by Gasteiger charge is 2.19. The molecule has 0 heterocycles. The molecule has 23 heavy (non-hydrogen) atoms. The summed E-state index contributed by atoms with van der Waals surface area (Å²) in [6.07, 6.45) is -0.0427. The topological polar surface area (TPSA) is 55.4 Å². The van der Waals surface area contributed by atoms with Gasteiger partial charge in [-0.15, -0.1) is 0 Å². The van der Waals surface area contributed by atoms with Crippen molar-refractivity contribution >= 4 is 11.9 Å². The Kier molecular flexibility index (Phi) is 6.79. The Morgan fingerprint density at radius 3 is 2.30 bits per heavy atom. The molecule has 1 atom stereocenters. The first kappa shape index (κ1) is 19.2. The van der Waals surface area contributed by atoms with Crippen LogP contribution in [-0.2, 0) is 4.74 Å². The molecule has 4 heteroatoms. The van der Waals surface area contributed by atoms with Gasteiger partial charge < -0.3 is 10.1 Å². The van der Waals surface area contributed by atoms with Crippen molar-refractivity contribution in [3.8, 4) is 0 Å². The molecule has 0 aromatic heterocycles. The van der Waals surface area contributed by atoms with E-state index in [1.165, 1.54) is 0 Å². The Morgan fingerprint density at radius 1 is 1.13 bits per heavy atom. The summed E-state index contributed by atoms with van der Waals surface area (Å²) in [6.45, 7) is 12.0. The third-order valence-electron chi connectivity index (χ3n) is 3.41. The maximum absolute atomic E-state index is 12.5. The molecule has 0 spiro atoms. The second-order valence-electron chi connectivity index (χ2n) is 7.36. The molecule has 0 bridgehead atoms. The van der Waals surface area contributed by atoms with Crippen LogP contribution in [0.25, 0.3) is 0 Å². The molecule has 1 N–H and O–H groups in total. The monoisotopic (exact) mass is 319 g/mol. The largest absolute Gasteiger partial charge is 0.444 e. The van der Waals surface area contributed by atoms with E-state index in [1.54, 1.807) is 0 Å². The van der Waals surface area contributed by atoms with E-state index in [0.717, 1.165) is 11.1 Å². The molecule has 0 aliphatic rings. The van der Waals surface area contributed by atoms with Crippen molar-refractivity contribution in [3.63, 3.8) is 0 Å². The summed E-state index contributed by atoms with van der Waals surface area (Å²) in [6, 6.07) is 7.73. The minimum absolute atomic E-state index is 0.0511. The molecule has 0 saturated carbocycles. The van der Waals surface area contributed by atoms with Crippen LogP contribution in [0.1, 0.15) is 69.8 Å². The summed E-state index contributed by atoms with van der Waals surface area (Å²) in [7, 11) is 0. The van der Waals surface area contributed by atoms with Gasteiger partial charge in [-0.2, -0.15) is 0 Å². The molecule has 4 nitrogen and oxygen atoms in total. The van der Waals surface area contributed by atoms with Gasteiger partial charge in [0.15, 0.2) is 5.78 Å². The summed E-state index contributed by atoms with van der Waals surface area (Å²) in [4.78, 5) is 24.2. The molecule has 1 aromatic rings. The number of amides is 1. The average Bonchev–Trinajstić information content (AvgIpc) is 2.43. The van der Waals surface area contributed by atoms with Gasteiger partial charge in [-0.05, 0) is 38.2 Å². The molecule has 128 valence electrons. The highest BCUT2D eigenvalue weighted by molar-refractivity contribution is 5.97. The standard InChI is InChI=1S/C19H29NO3/c1-13(2)15-9-7-8-10-16(15)17(21)11-14(3)12-20-18(22)23-19(4,5)6/h7-10,13-14H,11-12H2,1-6H3,(H,20,22). The number of Topliss-reactive ketones (excluding diaryl/α,β-unsaturated/α-hetero) is 1. The zero-order valence-corrected chi connectivity index (χ0v) is 15.1. The summed E-state index contributed by atoms with van der Waals surface area (Å²) in [5, 5.41) is 2.72. The molecule has 0 saturated heterocycles. The number of rotatable bonds is 6. The van der Waals surface area contributed by atoms with Gasteiger partial charge in [0, 0.05) is 18.5 Å².